The van der Waals surface area contributed by atoms with E-state index in [0.717, 1.165) is 33.3 Å². The van der Waals surface area contributed by atoms with Crippen molar-refractivity contribution < 1.29 is 19.1 Å². The maximum Gasteiger partial charge on any atom is 0.329 e. The van der Waals surface area contributed by atoms with Gasteiger partial charge in [0.15, 0.2) is 6.61 Å². The number of benzene rings is 3. The number of anilines is 2. The molecule has 3 rings (SSSR count). The van der Waals surface area contributed by atoms with Gasteiger partial charge in [-0.1, -0.05) is 53.2 Å². The van der Waals surface area contributed by atoms with Crippen molar-refractivity contribution in [2.75, 3.05) is 17.2 Å². The molecule has 0 unspecified atom stereocenters. The predicted octanol–water partition coefficient (Wildman–Crippen LogP) is 4.73. The third-order valence-corrected chi connectivity index (χ3v) is 5.68. The van der Waals surface area contributed by atoms with E-state index in [4.69, 9.17) is 4.74 Å². The van der Waals surface area contributed by atoms with Gasteiger partial charge in [-0.15, -0.1) is 0 Å². The van der Waals surface area contributed by atoms with Crippen molar-refractivity contribution in [2.24, 2.45) is 5.10 Å². The molecule has 3 amide bonds. The van der Waals surface area contributed by atoms with Gasteiger partial charge in [0, 0.05) is 15.8 Å². The number of amides is 3. The van der Waals surface area contributed by atoms with Crippen molar-refractivity contribution in [2.45, 2.75) is 27.2 Å². The Balaban J connectivity index is 1.52. The van der Waals surface area contributed by atoms with E-state index in [1.54, 1.807) is 36.4 Å². The number of nitrogens with one attached hydrogen (secondary N) is 3. The summed E-state index contributed by atoms with van der Waals surface area (Å²) in [4.78, 5) is 36.6. The summed E-state index contributed by atoms with van der Waals surface area (Å²) in [5, 5.41) is 9.31. The third kappa shape index (κ3) is 7.51. The molecule has 0 aliphatic carbocycles. The van der Waals surface area contributed by atoms with Crippen LogP contribution in [0, 0.1) is 13.8 Å². The third-order valence-electron chi connectivity index (χ3n) is 5.22. The SMILES string of the molecule is CCc1ccccc1NC(=O)C(=O)N/N=C\c1cccc(OCC(=O)Nc2c(C)cc(Br)cc2C)c1. The zero-order chi connectivity index (χ0) is 26.1. The van der Waals surface area contributed by atoms with Crippen LogP contribution in [-0.4, -0.2) is 30.5 Å². The van der Waals surface area contributed by atoms with Gasteiger partial charge < -0.3 is 15.4 Å². The minimum Gasteiger partial charge on any atom is -0.484 e. The van der Waals surface area contributed by atoms with Crippen molar-refractivity contribution in [1.82, 2.24) is 5.43 Å². The summed E-state index contributed by atoms with van der Waals surface area (Å²) >= 11 is 3.44. The Morgan fingerprint density at radius 2 is 1.67 bits per heavy atom. The number of aryl methyl sites for hydroxylation is 3. The first-order chi connectivity index (χ1) is 17.3. The van der Waals surface area contributed by atoms with Crippen LogP contribution >= 0.6 is 15.9 Å². The predicted molar refractivity (Wildman–Crippen MR) is 144 cm³/mol. The topological polar surface area (TPSA) is 109 Å². The Morgan fingerprint density at radius 1 is 0.944 bits per heavy atom. The highest BCUT2D eigenvalue weighted by Gasteiger charge is 2.14. The zero-order valence-electron chi connectivity index (χ0n) is 20.2. The van der Waals surface area contributed by atoms with Gasteiger partial charge in [-0.3, -0.25) is 14.4 Å². The number of hydrazone groups is 1. The van der Waals surface area contributed by atoms with Crippen LogP contribution in [0.3, 0.4) is 0 Å². The lowest BCUT2D eigenvalue weighted by Crippen LogP contribution is -2.32. The molecule has 3 N–H and O–H groups in total. The minimum absolute atomic E-state index is 0.175. The summed E-state index contributed by atoms with van der Waals surface area (Å²) in [6.45, 7) is 5.63. The molecule has 0 fully saturated rings. The second-order valence-electron chi connectivity index (χ2n) is 7.99. The highest BCUT2D eigenvalue weighted by Crippen LogP contribution is 2.25. The molecule has 0 saturated carbocycles. The first kappa shape index (κ1) is 26.6. The lowest BCUT2D eigenvalue weighted by atomic mass is 10.1. The van der Waals surface area contributed by atoms with E-state index in [0.29, 0.717) is 17.0 Å². The second-order valence-corrected chi connectivity index (χ2v) is 8.90. The van der Waals surface area contributed by atoms with Crippen LogP contribution in [0.2, 0.25) is 0 Å². The molecule has 36 heavy (non-hydrogen) atoms. The number of ether oxygens (including phenoxy) is 1. The monoisotopic (exact) mass is 550 g/mol. The molecule has 0 aliphatic rings. The number of rotatable bonds is 8. The van der Waals surface area contributed by atoms with Gasteiger partial charge in [-0.05, 0) is 72.9 Å². The molecule has 9 heteroatoms. The molecule has 0 radical (unpaired) electrons. The number of carbonyl (C=O) groups is 3. The fourth-order valence-electron chi connectivity index (χ4n) is 3.46. The molecule has 0 heterocycles. The van der Waals surface area contributed by atoms with Crippen LogP contribution < -0.4 is 20.8 Å². The van der Waals surface area contributed by atoms with E-state index in [9.17, 15) is 14.4 Å². The quantitative estimate of drug-likeness (QED) is 0.214. The van der Waals surface area contributed by atoms with E-state index in [1.165, 1.54) is 6.21 Å². The summed E-state index contributed by atoms with van der Waals surface area (Å²) in [6.07, 6.45) is 2.10. The van der Waals surface area contributed by atoms with Crippen LogP contribution in [0.15, 0.2) is 70.2 Å². The number of halogens is 1. The van der Waals surface area contributed by atoms with Crippen LogP contribution in [0.1, 0.15) is 29.2 Å². The van der Waals surface area contributed by atoms with E-state index < -0.39 is 11.8 Å². The van der Waals surface area contributed by atoms with Crippen LogP contribution in [0.5, 0.6) is 5.75 Å². The lowest BCUT2D eigenvalue weighted by Gasteiger charge is -2.13. The Hall–Kier alpha value is -3.98. The van der Waals surface area contributed by atoms with Crippen molar-refractivity contribution in [1.29, 1.82) is 0 Å². The Kier molecular flexibility index (Phi) is 9.35. The van der Waals surface area contributed by atoms with E-state index >= 15 is 0 Å². The molecular formula is C27H27BrN4O4. The van der Waals surface area contributed by atoms with Crippen molar-refractivity contribution in [3.63, 3.8) is 0 Å². The Morgan fingerprint density at radius 3 is 2.39 bits per heavy atom. The number of carbonyl (C=O) groups excluding carboxylic acids is 3. The van der Waals surface area contributed by atoms with Crippen LogP contribution in [0.4, 0.5) is 11.4 Å². The largest absolute Gasteiger partial charge is 0.484 e. The molecule has 3 aromatic rings. The fraction of sp³-hybridized carbons (Fsp3) is 0.185. The molecule has 0 aromatic heterocycles. The smallest absolute Gasteiger partial charge is 0.329 e. The van der Waals surface area contributed by atoms with E-state index in [2.05, 4.69) is 37.1 Å². The van der Waals surface area contributed by atoms with Crippen molar-refractivity contribution in [3.05, 3.63) is 87.4 Å². The maximum atomic E-state index is 12.4. The van der Waals surface area contributed by atoms with Gasteiger partial charge in [-0.2, -0.15) is 5.10 Å². The Bertz CT molecular complexity index is 1280. The molecule has 0 bridgehead atoms. The first-order valence-electron chi connectivity index (χ1n) is 11.3. The Labute approximate surface area is 218 Å². The molecular weight excluding hydrogens is 524 g/mol. The molecule has 0 spiro atoms. The average molecular weight is 551 g/mol. The molecule has 0 atom stereocenters. The summed E-state index contributed by atoms with van der Waals surface area (Å²) < 4.78 is 6.55. The summed E-state index contributed by atoms with van der Waals surface area (Å²) in [5.74, 6) is -1.53. The highest BCUT2D eigenvalue weighted by molar-refractivity contribution is 9.10. The molecule has 186 valence electrons. The van der Waals surface area contributed by atoms with Gasteiger partial charge in [0.1, 0.15) is 5.75 Å². The van der Waals surface area contributed by atoms with Gasteiger partial charge in [0.05, 0.1) is 6.21 Å². The van der Waals surface area contributed by atoms with Gasteiger partial charge in [-0.25, -0.2) is 5.43 Å². The molecule has 3 aromatic carbocycles. The lowest BCUT2D eigenvalue weighted by molar-refractivity contribution is -0.136. The summed E-state index contributed by atoms with van der Waals surface area (Å²) in [6, 6.07) is 18.0. The number of hydrogen-bond acceptors (Lipinski definition) is 5. The van der Waals surface area contributed by atoms with Crippen molar-refractivity contribution >= 4 is 51.2 Å². The molecule has 8 nitrogen and oxygen atoms in total. The molecule has 0 aliphatic heterocycles. The standard InChI is InChI=1S/C27H27BrN4O4/c1-4-20-9-5-6-11-23(20)30-26(34)27(35)32-29-15-19-8-7-10-22(14-19)36-16-24(33)31-25-17(2)12-21(28)13-18(25)3/h5-15H,4,16H2,1-3H3,(H,30,34)(H,31,33)(H,32,35)/b29-15-. The van der Waals surface area contributed by atoms with Gasteiger partial charge in [0.2, 0.25) is 0 Å². The summed E-state index contributed by atoms with van der Waals surface area (Å²) in [7, 11) is 0. The number of hydrogen-bond donors (Lipinski definition) is 3. The van der Waals surface area contributed by atoms with E-state index in [1.807, 2.05) is 45.0 Å². The number of nitrogens with zero attached hydrogens (tertiary/aromatic N) is 1. The summed E-state index contributed by atoms with van der Waals surface area (Å²) in [5.41, 5.74) is 6.98. The van der Waals surface area contributed by atoms with Crippen molar-refractivity contribution in [3.8, 4) is 5.75 Å². The number of para-hydroxylation sites is 1. The second kappa shape index (κ2) is 12.6. The zero-order valence-corrected chi connectivity index (χ0v) is 21.8. The first-order valence-corrected chi connectivity index (χ1v) is 12.1. The average Bonchev–Trinajstić information content (AvgIpc) is 2.85. The van der Waals surface area contributed by atoms with E-state index in [-0.39, 0.29) is 12.5 Å². The van der Waals surface area contributed by atoms with Gasteiger partial charge >= 0.3 is 11.8 Å². The van der Waals surface area contributed by atoms with Crippen LogP contribution in [0.25, 0.3) is 0 Å². The maximum absolute atomic E-state index is 12.4. The minimum atomic E-state index is -0.889. The van der Waals surface area contributed by atoms with Crippen LogP contribution in [-0.2, 0) is 20.8 Å². The highest BCUT2D eigenvalue weighted by atomic mass is 79.9. The normalized spacial score (nSPS) is 10.7. The fourth-order valence-corrected chi connectivity index (χ4v) is 4.15. The molecule has 0 saturated heterocycles. The van der Waals surface area contributed by atoms with Gasteiger partial charge in [0.25, 0.3) is 5.91 Å².